The van der Waals surface area contributed by atoms with Gasteiger partial charge in [0.15, 0.2) is 0 Å². The molecule has 5 nitrogen and oxygen atoms in total. The first-order valence-electron chi connectivity index (χ1n) is 5.98. The van der Waals surface area contributed by atoms with E-state index in [1.54, 1.807) is 6.07 Å². The van der Waals surface area contributed by atoms with Crippen LogP contribution in [-0.2, 0) is 9.59 Å². The molecule has 0 unspecified atom stereocenters. The molecule has 0 bridgehead atoms. The van der Waals surface area contributed by atoms with Gasteiger partial charge in [0.25, 0.3) is 0 Å². The van der Waals surface area contributed by atoms with Gasteiger partial charge in [-0.2, -0.15) is 0 Å². The lowest BCUT2D eigenvalue weighted by molar-refractivity contribution is -0.140. The molecular weight excluding hydrogens is 302 g/mol. The minimum absolute atomic E-state index is 0.00126. The summed E-state index contributed by atoms with van der Waals surface area (Å²) in [6.45, 7) is 0.471. The van der Waals surface area contributed by atoms with Crippen LogP contribution in [0.25, 0.3) is 0 Å². The highest BCUT2D eigenvalue weighted by molar-refractivity contribution is 8.00. The first-order valence-corrected chi connectivity index (χ1v) is 7.34. The molecule has 1 aliphatic heterocycles. The van der Waals surface area contributed by atoms with Crippen LogP contribution in [0.5, 0.6) is 0 Å². The summed E-state index contributed by atoms with van der Waals surface area (Å²) in [5, 5.41) is 9.12. The standard InChI is InChI=1S/C13H12ClNO4S/c14-10-4-3-8(6-9(10)13(18)19)20-7-12(17)15-5-1-2-11(15)16/h3-4,6H,1-2,5,7H2,(H,18,19). The summed E-state index contributed by atoms with van der Waals surface area (Å²) in [6.07, 6.45) is 1.12. The van der Waals surface area contributed by atoms with Crippen molar-refractivity contribution in [3.63, 3.8) is 0 Å². The van der Waals surface area contributed by atoms with Crippen LogP contribution in [0.3, 0.4) is 0 Å². The number of thioether (sulfide) groups is 1. The summed E-state index contributed by atoms with van der Waals surface area (Å²) in [5.41, 5.74) is 0.00126. The predicted octanol–water partition coefficient (Wildman–Crippen LogP) is 2.28. The lowest BCUT2D eigenvalue weighted by atomic mass is 10.2. The fraction of sp³-hybridized carbons (Fsp3) is 0.308. The summed E-state index contributed by atoms with van der Waals surface area (Å²) in [7, 11) is 0. The van der Waals surface area contributed by atoms with Crippen molar-refractivity contribution in [2.45, 2.75) is 17.7 Å². The van der Waals surface area contributed by atoms with E-state index in [9.17, 15) is 14.4 Å². The van der Waals surface area contributed by atoms with Gasteiger partial charge in [-0.25, -0.2) is 4.79 Å². The number of carboxylic acids is 1. The molecule has 1 heterocycles. The topological polar surface area (TPSA) is 74.7 Å². The molecule has 2 rings (SSSR count). The van der Waals surface area contributed by atoms with Gasteiger partial charge in [0.05, 0.1) is 16.3 Å². The third-order valence-corrected chi connectivity index (χ3v) is 4.21. The van der Waals surface area contributed by atoms with Crippen LogP contribution in [0.2, 0.25) is 5.02 Å². The van der Waals surface area contributed by atoms with Crippen molar-refractivity contribution >= 4 is 41.1 Å². The zero-order valence-corrected chi connectivity index (χ0v) is 12.0. The van der Waals surface area contributed by atoms with Crippen LogP contribution in [-0.4, -0.2) is 40.1 Å². The average Bonchev–Trinajstić information content (AvgIpc) is 2.83. The van der Waals surface area contributed by atoms with Crippen molar-refractivity contribution in [3.05, 3.63) is 28.8 Å². The van der Waals surface area contributed by atoms with E-state index in [1.807, 2.05) is 0 Å². The van der Waals surface area contributed by atoms with Crippen LogP contribution in [0.1, 0.15) is 23.2 Å². The van der Waals surface area contributed by atoms with Gasteiger partial charge in [-0.1, -0.05) is 11.6 Å². The number of hydrogen-bond acceptors (Lipinski definition) is 4. The molecule has 106 valence electrons. The van der Waals surface area contributed by atoms with E-state index >= 15 is 0 Å². The second kappa shape index (κ2) is 6.28. The van der Waals surface area contributed by atoms with E-state index in [2.05, 4.69) is 0 Å². The number of hydrogen-bond donors (Lipinski definition) is 1. The van der Waals surface area contributed by atoms with Crippen molar-refractivity contribution in [1.29, 1.82) is 0 Å². The van der Waals surface area contributed by atoms with E-state index in [0.717, 1.165) is 0 Å². The molecule has 1 aromatic carbocycles. The fourth-order valence-corrected chi connectivity index (χ4v) is 2.90. The van der Waals surface area contributed by atoms with Crippen molar-refractivity contribution in [3.8, 4) is 0 Å². The molecule has 0 saturated carbocycles. The SMILES string of the molecule is O=C(O)c1cc(SCC(=O)N2CCCC2=O)ccc1Cl. The van der Waals surface area contributed by atoms with Gasteiger partial charge in [0.2, 0.25) is 11.8 Å². The van der Waals surface area contributed by atoms with Crippen molar-refractivity contribution < 1.29 is 19.5 Å². The molecule has 1 aromatic rings. The van der Waals surface area contributed by atoms with Crippen LogP contribution >= 0.6 is 23.4 Å². The number of carboxylic acid groups (broad SMARTS) is 1. The number of carbonyl (C=O) groups excluding carboxylic acids is 2. The zero-order valence-electron chi connectivity index (χ0n) is 10.5. The van der Waals surface area contributed by atoms with E-state index in [-0.39, 0.29) is 28.2 Å². The van der Waals surface area contributed by atoms with Gasteiger partial charge in [0.1, 0.15) is 0 Å². The van der Waals surface area contributed by atoms with E-state index < -0.39 is 5.97 Å². The number of benzene rings is 1. The Hall–Kier alpha value is -1.53. The minimum Gasteiger partial charge on any atom is -0.478 e. The number of carbonyl (C=O) groups is 3. The second-order valence-corrected chi connectivity index (χ2v) is 5.73. The summed E-state index contributed by atoms with van der Waals surface area (Å²) in [4.78, 5) is 36.1. The van der Waals surface area contributed by atoms with Crippen molar-refractivity contribution in [1.82, 2.24) is 4.90 Å². The van der Waals surface area contributed by atoms with Gasteiger partial charge in [-0.05, 0) is 24.6 Å². The Morgan fingerprint density at radius 2 is 2.15 bits per heavy atom. The Balaban J connectivity index is 2.00. The maximum absolute atomic E-state index is 11.9. The molecule has 2 amide bonds. The average molecular weight is 314 g/mol. The summed E-state index contributed by atoms with van der Waals surface area (Å²) in [5.74, 6) is -1.40. The number of likely N-dealkylation sites (tertiary alicyclic amines) is 1. The molecule has 1 aliphatic rings. The quantitative estimate of drug-likeness (QED) is 0.863. The van der Waals surface area contributed by atoms with Crippen LogP contribution < -0.4 is 0 Å². The monoisotopic (exact) mass is 313 g/mol. The number of amides is 2. The van der Waals surface area contributed by atoms with Gasteiger partial charge in [-0.15, -0.1) is 11.8 Å². The maximum atomic E-state index is 11.9. The highest BCUT2D eigenvalue weighted by atomic mass is 35.5. The fourth-order valence-electron chi connectivity index (χ4n) is 1.89. The number of rotatable bonds is 4. The lowest BCUT2D eigenvalue weighted by Crippen LogP contribution is -2.33. The Labute approximate surface area is 124 Å². The predicted molar refractivity (Wildman–Crippen MR) is 75.1 cm³/mol. The van der Waals surface area contributed by atoms with Gasteiger partial charge >= 0.3 is 5.97 Å². The number of imide groups is 1. The van der Waals surface area contributed by atoms with Gasteiger partial charge < -0.3 is 5.11 Å². The van der Waals surface area contributed by atoms with Crippen LogP contribution in [0, 0.1) is 0 Å². The Bertz CT molecular complexity index is 575. The molecule has 0 atom stereocenters. The Kier molecular flexibility index (Phi) is 4.67. The zero-order chi connectivity index (χ0) is 14.7. The highest BCUT2D eigenvalue weighted by Crippen LogP contribution is 2.25. The molecule has 1 N–H and O–H groups in total. The highest BCUT2D eigenvalue weighted by Gasteiger charge is 2.26. The third-order valence-electron chi connectivity index (χ3n) is 2.91. The first-order chi connectivity index (χ1) is 9.49. The molecule has 20 heavy (non-hydrogen) atoms. The largest absolute Gasteiger partial charge is 0.478 e. The van der Waals surface area contributed by atoms with E-state index in [0.29, 0.717) is 24.3 Å². The summed E-state index contributed by atoms with van der Waals surface area (Å²) in [6, 6.07) is 4.56. The van der Waals surface area contributed by atoms with E-state index in [1.165, 1.54) is 28.8 Å². The summed E-state index contributed by atoms with van der Waals surface area (Å²) >= 11 is 6.96. The lowest BCUT2D eigenvalue weighted by Gasteiger charge is -2.13. The molecule has 0 aliphatic carbocycles. The Morgan fingerprint density at radius 1 is 1.40 bits per heavy atom. The normalized spacial score (nSPS) is 14.7. The third kappa shape index (κ3) is 3.32. The maximum Gasteiger partial charge on any atom is 0.337 e. The molecule has 1 saturated heterocycles. The minimum atomic E-state index is -1.11. The van der Waals surface area contributed by atoms with Crippen molar-refractivity contribution in [2.75, 3.05) is 12.3 Å². The number of halogens is 1. The molecular formula is C13H12ClNO4S. The molecule has 0 radical (unpaired) electrons. The van der Waals surface area contributed by atoms with Crippen LogP contribution in [0.4, 0.5) is 0 Å². The molecule has 7 heteroatoms. The summed E-state index contributed by atoms with van der Waals surface area (Å²) < 4.78 is 0. The van der Waals surface area contributed by atoms with Crippen molar-refractivity contribution in [2.24, 2.45) is 0 Å². The number of nitrogens with zero attached hydrogens (tertiary/aromatic N) is 1. The smallest absolute Gasteiger partial charge is 0.337 e. The van der Waals surface area contributed by atoms with Gasteiger partial charge in [-0.3, -0.25) is 14.5 Å². The Morgan fingerprint density at radius 3 is 2.75 bits per heavy atom. The molecule has 1 fully saturated rings. The molecule has 0 spiro atoms. The first kappa shape index (κ1) is 14.9. The second-order valence-electron chi connectivity index (χ2n) is 4.28. The van der Waals surface area contributed by atoms with E-state index in [4.69, 9.17) is 16.7 Å². The van der Waals surface area contributed by atoms with Crippen LogP contribution in [0.15, 0.2) is 23.1 Å². The van der Waals surface area contributed by atoms with Gasteiger partial charge in [0, 0.05) is 17.9 Å². The molecule has 0 aromatic heterocycles. The number of aromatic carboxylic acids is 1.